The number of nitrogens with one attached hydrogen (secondary N) is 1. The number of hydrogen-bond donors (Lipinski definition) is 1. The second kappa shape index (κ2) is 8.95. The van der Waals surface area contributed by atoms with E-state index < -0.39 is 0 Å². The number of hydrogen-bond acceptors (Lipinski definition) is 6. The Morgan fingerprint density at radius 1 is 1.26 bits per heavy atom. The van der Waals surface area contributed by atoms with Crippen LogP contribution >= 0.6 is 0 Å². The van der Waals surface area contributed by atoms with Gasteiger partial charge in [0, 0.05) is 48.2 Å². The minimum atomic E-state index is -0.0815. The Kier molecular flexibility index (Phi) is 5.84. The Hall–Kier alpha value is -3.64. The third-order valence-electron chi connectivity index (χ3n) is 7.28. The standard InChI is InChI=1S/C25H29N7O2/c1-4-24(33)29-19-10-21(11-19)30-7-5-20(6-8-30)32-16(2)22(14-28-32)17-9-23(34-3)25-18(12-26)13-27-31(25)15-17/h4,9,13-15,19-21H,1,5-8,10-11H2,2-3H3,(H,29,33). The number of fused-ring (bicyclic) bond motifs is 1. The van der Waals surface area contributed by atoms with Crippen LogP contribution in [0.25, 0.3) is 16.6 Å². The highest BCUT2D eigenvalue weighted by molar-refractivity contribution is 5.87. The van der Waals surface area contributed by atoms with Gasteiger partial charge in [0.25, 0.3) is 0 Å². The lowest BCUT2D eigenvalue weighted by molar-refractivity contribution is -0.118. The summed E-state index contributed by atoms with van der Waals surface area (Å²) in [7, 11) is 1.61. The fraction of sp³-hybridized carbons (Fsp3) is 0.440. The van der Waals surface area contributed by atoms with Crippen molar-refractivity contribution >= 4 is 11.4 Å². The molecule has 1 amide bonds. The van der Waals surface area contributed by atoms with Crippen molar-refractivity contribution in [3.05, 3.63) is 48.6 Å². The number of carbonyl (C=O) groups is 1. The highest BCUT2D eigenvalue weighted by Gasteiger charge is 2.36. The quantitative estimate of drug-likeness (QED) is 0.569. The summed E-state index contributed by atoms with van der Waals surface area (Å²) in [6, 6.07) is 5.31. The second-order valence-electron chi connectivity index (χ2n) is 9.15. The first-order valence-electron chi connectivity index (χ1n) is 11.7. The van der Waals surface area contributed by atoms with E-state index in [9.17, 15) is 10.1 Å². The van der Waals surface area contributed by atoms with Crippen LogP contribution < -0.4 is 10.1 Å². The average Bonchev–Trinajstić information content (AvgIpc) is 3.43. The van der Waals surface area contributed by atoms with Gasteiger partial charge in [0.1, 0.15) is 22.9 Å². The number of rotatable bonds is 6. The molecule has 0 spiro atoms. The number of nitriles is 1. The summed E-state index contributed by atoms with van der Waals surface area (Å²) in [6.45, 7) is 7.70. The maximum atomic E-state index is 11.5. The van der Waals surface area contributed by atoms with Gasteiger partial charge in [0.05, 0.1) is 25.5 Å². The molecule has 176 valence electrons. The zero-order chi connectivity index (χ0) is 23.8. The van der Waals surface area contributed by atoms with E-state index in [1.807, 2.05) is 18.5 Å². The van der Waals surface area contributed by atoms with E-state index >= 15 is 0 Å². The predicted molar refractivity (Wildman–Crippen MR) is 127 cm³/mol. The third-order valence-corrected chi connectivity index (χ3v) is 7.28. The second-order valence-corrected chi connectivity index (χ2v) is 9.15. The van der Waals surface area contributed by atoms with Crippen molar-refractivity contribution in [3.8, 4) is 22.9 Å². The highest BCUT2D eigenvalue weighted by Crippen LogP contribution is 2.35. The topological polar surface area (TPSA) is 100 Å². The van der Waals surface area contributed by atoms with E-state index in [4.69, 9.17) is 9.84 Å². The molecular formula is C25H29N7O2. The maximum Gasteiger partial charge on any atom is 0.243 e. The molecule has 1 saturated carbocycles. The maximum absolute atomic E-state index is 11.5. The molecule has 0 bridgehead atoms. The zero-order valence-corrected chi connectivity index (χ0v) is 19.6. The van der Waals surface area contributed by atoms with Gasteiger partial charge >= 0.3 is 0 Å². The van der Waals surface area contributed by atoms with Crippen LogP contribution in [0.15, 0.2) is 37.3 Å². The molecule has 1 aliphatic heterocycles. The van der Waals surface area contributed by atoms with Crippen LogP contribution in [0.2, 0.25) is 0 Å². The lowest BCUT2D eigenvalue weighted by Crippen LogP contribution is -2.55. The van der Waals surface area contributed by atoms with Crippen molar-refractivity contribution in [1.82, 2.24) is 29.6 Å². The molecule has 1 aliphatic carbocycles. The van der Waals surface area contributed by atoms with Crippen molar-refractivity contribution in [2.24, 2.45) is 0 Å². The van der Waals surface area contributed by atoms with E-state index in [1.54, 1.807) is 17.8 Å². The normalized spacial score (nSPS) is 21.1. The van der Waals surface area contributed by atoms with Crippen molar-refractivity contribution in [3.63, 3.8) is 0 Å². The van der Waals surface area contributed by atoms with Crippen molar-refractivity contribution in [2.45, 2.75) is 50.7 Å². The van der Waals surface area contributed by atoms with Gasteiger partial charge < -0.3 is 15.0 Å². The summed E-state index contributed by atoms with van der Waals surface area (Å²) < 4.78 is 9.42. The van der Waals surface area contributed by atoms with Gasteiger partial charge in [-0.05, 0) is 44.7 Å². The molecular weight excluding hydrogens is 430 g/mol. The molecule has 3 aromatic heterocycles. The van der Waals surface area contributed by atoms with Crippen LogP contribution in [0.3, 0.4) is 0 Å². The number of piperidine rings is 1. The number of amides is 1. The summed E-state index contributed by atoms with van der Waals surface area (Å²) >= 11 is 0. The van der Waals surface area contributed by atoms with Crippen LogP contribution in [0.5, 0.6) is 5.75 Å². The van der Waals surface area contributed by atoms with Crippen molar-refractivity contribution in [1.29, 1.82) is 5.26 Å². The highest BCUT2D eigenvalue weighted by atomic mass is 16.5. The first-order valence-corrected chi connectivity index (χ1v) is 11.7. The first-order chi connectivity index (χ1) is 16.5. The largest absolute Gasteiger partial charge is 0.494 e. The SMILES string of the molecule is C=CC(=O)NC1CC(N2CCC(n3ncc(-c4cc(OC)c5c(C#N)cnn5c4)c3C)CC2)C1. The number of pyridine rings is 1. The number of ether oxygens (including phenoxy) is 1. The summed E-state index contributed by atoms with van der Waals surface area (Å²) in [6.07, 6.45) is 10.9. The van der Waals surface area contributed by atoms with Crippen LogP contribution in [0.1, 0.15) is 43.0 Å². The lowest BCUT2D eigenvalue weighted by atomic mass is 9.84. The number of likely N-dealkylation sites (tertiary alicyclic amines) is 1. The molecule has 4 heterocycles. The summed E-state index contributed by atoms with van der Waals surface area (Å²) in [5, 5.41) is 21.4. The van der Waals surface area contributed by atoms with Gasteiger partial charge in [0.2, 0.25) is 5.91 Å². The molecule has 5 rings (SSSR count). The Bertz CT molecular complexity index is 1270. The molecule has 1 saturated heterocycles. The van der Waals surface area contributed by atoms with Crippen LogP contribution in [0, 0.1) is 18.3 Å². The van der Waals surface area contributed by atoms with E-state index in [-0.39, 0.29) is 11.9 Å². The monoisotopic (exact) mass is 459 g/mol. The Morgan fingerprint density at radius 2 is 2.03 bits per heavy atom. The van der Waals surface area contributed by atoms with Crippen molar-refractivity contribution < 1.29 is 9.53 Å². The van der Waals surface area contributed by atoms with Crippen LogP contribution in [-0.2, 0) is 4.79 Å². The van der Waals surface area contributed by atoms with E-state index in [2.05, 4.69) is 39.6 Å². The van der Waals surface area contributed by atoms with E-state index in [0.717, 1.165) is 55.6 Å². The molecule has 0 unspecified atom stereocenters. The molecule has 0 radical (unpaired) electrons. The van der Waals surface area contributed by atoms with E-state index in [1.165, 1.54) is 6.08 Å². The number of methoxy groups -OCH3 is 1. The number of aromatic nitrogens is 4. The summed E-state index contributed by atoms with van der Waals surface area (Å²) in [4.78, 5) is 14.0. The molecule has 9 heteroatoms. The van der Waals surface area contributed by atoms with Gasteiger partial charge in [-0.1, -0.05) is 6.58 Å². The Balaban J connectivity index is 1.27. The fourth-order valence-electron chi connectivity index (χ4n) is 5.30. The molecule has 2 fully saturated rings. The lowest BCUT2D eigenvalue weighted by Gasteiger charge is -2.45. The van der Waals surface area contributed by atoms with Crippen LogP contribution in [-0.4, -0.2) is 62.5 Å². The minimum Gasteiger partial charge on any atom is -0.494 e. The summed E-state index contributed by atoms with van der Waals surface area (Å²) in [5.41, 5.74) is 4.27. The molecule has 3 aromatic rings. The molecule has 9 nitrogen and oxygen atoms in total. The fourth-order valence-corrected chi connectivity index (χ4v) is 5.30. The smallest absolute Gasteiger partial charge is 0.243 e. The molecule has 2 aliphatic rings. The zero-order valence-electron chi connectivity index (χ0n) is 19.6. The van der Waals surface area contributed by atoms with Crippen LogP contribution in [0.4, 0.5) is 0 Å². The third kappa shape index (κ3) is 3.84. The Morgan fingerprint density at radius 3 is 2.71 bits per heavy atom. The molecule has 1 N–H and O–H groups in total. The van der Waals surface area contributed by atoms with Gasteiger partial charge in [-0.3, -0.25) is 9.48 Å². The molecule has 0 aromatic carbocycles. The number of nitrogens with zero attached hydrogens (tertiary/aromatic N) is 6. The molecule has 0 atom stereocenters. The predicted octanol–water partition coefficient (Wildman–Crippen LogP) is 2.86. The van der Waals surface area contributed by atoms with Gasteiger partial charge in [0.15, 0.2) is 0 Å². The Labute approximate surface area is 198 Å². The van der Waals surface area contributed by atoms with Gasteiger partial charge in [-0.25, -0.2) is 4.52 Å². The molecule has 34 heavy (non-hydrogen) atoms. The first kappa shape index (κ1) is 22.2. The van der Waals surface area contributed by atoms with E-state index in [0.29, 0.717) is 28.9 Å². The number of carbonyl (C=O) groups excluding carboxylic acids is 1. The van der Waals surface area contributed by atoms with Gasteiger partial charge in [-0.2, -0.15) is 15.5 Å². The van der Waals surface area contributed by atoms with Gasteiger partial charge in [-0.15, -0.1) is 0 Å². The minimum absolute atomic E-state index is 0.0815. The average molecular weight is 460 g/mol. The van der Waals surface area contributed by atoms with Crippen molar-refractivity contribution in [2.75, 3.05) is 20.2 Å². The summed E-state index contributed by atoms with van der Waals surface area (Å²) in [5.74, 6) is 0.539.